The van der Waals surface area contributed by atoms with Gasteiger partial charge in [-0.25, -0.2) is 0 Å². The van der Waals surface area contributed by atoms with Crippen molar-refractivity contribution in [3.63, 3.8) is 0 Å². The van der Waals surface area contributed by atoms with Gasteiger partial charge in [0, 0.05) is 37.6 Å². The molecule has 1 aromatic rings. The van der Waals surface area contributed by atoms with Crippen molar-refractivity contribution in [3.05, 3.63) is 21.3 Å². The fourth-order valence-electron chi connectivity index (χ4n) is 2.45. The molecule has 1 fully saturated rings. The highest BCUT2D eigenvalue weighted by Gasteiger charge is 2.24. The van der Waals surface area contributed by atoms with Crippen LogP contribution in [0.1, 0.15) is 24.6 Å². The fraction of sp³-hybridized carbons (Fsp3) is 0.643. The van der Waals surface area contributed by atoms with Crippen molar-refractivity contribution in [3.8, 4) is 0 Å². The van der Waals surface area contributed by atoms with E-state index in [4.69, 9.17) is 17.3 Å². The van der Waals surface area contributed by atoms with E-state index < -0.39 is 0 Å². The minimum Gasteiger partial charge on any atom is -0.339 e. The van der Waals surface area contributed by atoms with Crippen LogP contribution in [0.2, 0.25) is 4.34 Å². The number of amides is 1. The monoisotopic (exact) mass is 351 g/mol. The van der Waals surface area contributed by atoms with Gasteiger partial charge in [-0.2, -0.15) is 0 Å². The lowest BCUT2D eigenvalue weighted by molar-refractivity contribution is -0.134. The van der Waals surface area contributed by atoms with Crippen molar-refractivity contribution in [1.82, 2.24) is 9.80 Å². The molecule has 1 aromatic heterocycles. The second kappa shape index (κ2) is 8.96. The molecule has 0 bridgehead atoms. The summed E-state index contributed by atoms with van der Waals surface area (Å²) >= 11 is 7.56. The molecular weight excluding hydrogens is 329 g/mol. The molecule has 0 spiro atoms. The predicted octanol–water partition coefficient (Wildman–Crippen LogP) is 2.59. The van der Waals surface area contributed by atoms with Crippen LogP contribution in [0.5, 0.6) is 0 Å². The number of hydrogen-bond donors (Lipinski definition) is 1. The molecule has 0 aliphatic carbocycles. The Morgan fingerprint density at radius 2 is 2.05 bits per heavy atom. The maximum atomic E-state index is 12.1. The summed E-state index contributed by atoms with van der Waals surface area (Å²) in [7, 11) is 0. The van der Waals surface area contributed by atoms with E-state index in [2.05, 4.69) is 17.9 Å². The largest absolute Gasteiger partial charge is 0.339 e. The number of carbonyl (C=O) groups excluding carboxylic acids is 1. The Morgan fingerprint density at radius 1 is 1.38 bits per heavy atom. The van der Waals surface area contributed by atoms with Crippen LogP contribution in [0.25, 0.3) is 0 Å². The minimum atomic E-state index is -0.331. The lowest BCUT2D eigenvalue weighted by atomic mass is 10.1. The van der Waals surface area contributed by atoms with Crippen molar-refractivity contribution >= 4 is 41.3 Å². The third-order valence-electron chi connectivity index (χ3n) is 3.61. The van der Waals surface area contributed by atoms with Crippen LogP contribution in [0.3, 0.4) is 0 Å². The molecule has 0 radical (unpaired) electrons. The van der Waals surface area contributed by atoms with Crippen LogP contribution in [0, 0.1) is 0 Å². The second-order valence-electron chi connectivity index (χ2n) is 5.20. The van der Waals surface area contributed by atoms with Crippen molar-refractivity contribution in [2.45, 2.75) is 32.4 Å². The molecule has 1 amide bonds. The molecule has 1 aliphatic rings. The van der Waals surface area contributed by atoms with Gasteiger partial charge in [0.1, 0.15) is 0 Å². The molecule has 2 heterocycles. The van der Waals surface area contributed by atoms with Crippen LogP contribution in [0.4, 0.5) is 0 Å². The summed E-state index contributed by atoms with van der Waals surface area (Å²) < 4.78 is 0.833. The number of hydrogen-bond acceptors (Lipinski definition) is 4. The van der Waals surface area contributed by atoms with Crippen molar-refractivity contribution in [2.24, 2.45) is 5.73 Å². The van der Waals surface area contributed by atoms with Gasteiger partial charge in [0.25, 0.3) is 0 Å². The fourth-order valence-corrected chi connectivity index (χ4v) is 3.58. The summed E-state index contributed by atoms with van der Waals surface area (Å²) in [6.07, 6.45) is 1.72. The Balaban J connectivity index is 0.00000220. The molecule has 1 aliphatic heterocycles. The summed E-state index contributed by atoms with van der Waals surface area (Å²) in [6, 6.07) is 3.68. The Morgan fingerprint density at radius 3 is 2.57 bits per heavy atom. The number of nitrogens with zero attached hydrogens (tertiary/aromatic N) is 2. The van der Waals surface area contributed by atoms with E-state index in [1.54, 1.807) is 11.3 Å². The zero-order valence-corrected chi connectivity index (χ0v) is 14.6. The SMILES string of the molecule is CCCC(N)C(=O)N1CCN(Cc2ccc(Cl)s2)CC1.Cl. The molecule has 21 heavy (non-hydrogen) atoms. The van der Waals surface area contributed by atoms with Crippen LogP contribution < -0.4 is 5.73 Å². The summed E-state index contributed by atoms with van der Waals surface area (Å²) in [5, 5.41) is 0. The van der Waals surface area contributed by atoms with Crippen molar-refractivity contribution in [1.29, 1.82) is 0 Å². The maximum Gasteiger partial charge on any atom is 0.239 e. The number of rotatable bonds is 5. The minimum absolute atomic E-state index is 0. The summed E-state index contributed by atoms with van der Waals surface area (Å²) in [6.45, 7) is 6.32. The summed E-state index contributed by atoms with van der Waals surface area (Å²) in [5.41, 5.74) is 5.90. The molecule has 1 atom stereocenters. The summed E-state index contributed by atoms with van der Waals surface area (Å²) in [4.78, 5) is 17.7. The van der Waals surface area contributed by atoms with Gasteiger partial charge in [0.05, 0.1) is 10.4 Å². The zero-order valence-electron chi connectivity index (χ0n) is 12.3. The van der Waals surface area contributed by atoms with Crippen molar-refractivity contribution < 1.29 is 4.79 Å². The molecule has 0 saturated carbocycles. The highest BCUT2D eigenvalue weighted by molar-refractivity contribution is 7.16. The molecular formula is C14H23Cl2N3OS. The van der Waals surface area contributed by atoms with Crippen LogP contribution in [0.15, 0.2) is 12.1 Å². The van der Waals surface area contributed by atoms with Gasteiger partial charge in [-0.1, -0.05) is 24.9 Å². The lowest BCUT2D eigenvalue weighted by Gasteiger charge is -2.35. The Labute approximate surface area is 141 Å². The van der Waals surface area contributed by atoms with E-state index in [-0.39, 0.29) is 24.4 Å². The van der Waals surface area contributed by atoms with Gasteiger partial charge >= 0.3 is 0 Å². The average Bonchev–Trinajstić information content (AvgIpc) is 2.84. The van der Waals surface area contributed by atoms with Gasteiger partial charge in [-0.15, -0.1) is 23.7 Å². The molecule has 4 nitrogen and oxygen atoms in total. The number of piperazine rings is 1. The first kappa shape index (κ1) is 18.7. The van der Waals surface area contributed by atoms with Crippen LogP contribution >= 0.6 is 35.3 Å². The number of carbonyl (C=O) groups is 1. The zero-order chi connectivity index (χ0) is 14.5. The Bertz CT molecular complexity index is 447. The van der Waals surface area contributed by atoms with E-state index in [1.165, 1.54) is 4.88 Å². The Kier molecular flexibility index (Phi) is 7.98. The van der Waals surface area contributed by atoms with Crippen LogP contribution in [-0.4, -0.2) is 47.9 Å². The number of halogens is 2. The summed E-state index contributed by atoms with van der Waals surface area (Å²) in [5.74, 6) is 0.102. The quantitative estimate of drug-likeness (QED) is 0.886. The predicted molar refractivity (Wildman–Crippen MR) is 91.3 cm³/mol. The molecule has 1 saturated heterocycles. The molecule has 7 heteroatoms. The first-order valence-electron chi connectivity index (χ1n) is 7.11. The first-order valence-corrected chi connectivity index (χ1v) is 8.30. The maximum absolute atomic E-state index is 12.1. The van der Waals surface area contributed by atoms with Gasteiger partial charge in [-0.05, 0) is 18.6 Å². The Hall–Kier alpha value is -0.330. The second-order valence-corrected chi connectivity index (χ2v) is 7.00. The topological polar surface area (TPSA) is 49.6 Å². The number of nitrogens with two attached hydrogens (primary N) is 1. The van der Waals surface area contributed by atoms with Gasteiger partial charge in [0.2, 0.25) is 5.91 Å². The van der Waals surface area contributed by atoms with Gasteiger partial charge in [0.15, 0.2) is 0 Å². The van der Waals surface area contributed by atoms with Crippen LogP contribution in [-0.2, 0) is 11.3 Å². The standard InChI is InChI=1S/C14H22ClN3OS.ClH/c1-2-3-12(16)14(19)18-8-6-17(7-9-18)10-11-4-5-13(15)20-11;/h4-5,12H,2-3,6-10,16H2,1H3;1H. The molecule has 1 unspecified atom stereocenters. The van der Waals surface area contributed by atoms with E-state index >= 15 is 0 Å². The third-order valence-corrected chi connectivity index (χ3v) is 4.83. The van der Waals surface area contributed by atoms with Gasteiger partial charge in [-0.3, -0.25) is 9.69 Å². The normalized spacial score (nSPS) is 17.4. The third kappa shape index (κ3) is 5.42. The van der Waals surface area contributed by atoms with E-state index in [1.807, 2.05) is 11.0 Å². The lowest BCUT2D eigenvalue weighted by Crippen LogP contribution is -2.52. The average molecular weight is 352 g/mol. The highest BCUT2D eigenvalue weighted by atomic mass is 35.5. The molecule has 2 rings (SSSR count). The first-order chi connectivity index (χ1) is 9.60. The molecule has 2 N–H and O–H groups in total. The van der Waals surface area contributed by atoms with Gasteiger partial charge < -0.3 is 10.6 Å². The van der Waals surface area contributed by atoms with E-state index in [0.717, 1.165) is 49.9 Å². The molecule has 0 aromatic carbocycles. The molecule has 120 valence electrons. The van der Waals surface area contributed by atoms with E-state index in [0.29, 0.717) is 0 Å². The highest BCUT2D eigenvalue weighted by Crippen LogP contribution is 2.23. The number of thiophene rings is 1. The van der Waals surface area contributed by atoms with E-state index in [9.17, 15) is 4.79 Å². The smallest absolute Gasteiger partial charge is 0.239 e. The van der Waals surface area contributed by atoms with Crippen molar-refractivity contribution in [2.75, 3.05) is 26.2 Å².